The topological polar surface area (TPSA) is 91.2 Å². The fourth-order valence-electron chi connectivity index (χ4n) is 3.98. The molecule has 0 spiro atoms. The minimum Gasteiger partial charge on any atom is -0.409 e. The summed E-state index contributed by atoms with van der Waals surface area (Å²) in [6.45, 7) is 7.92. The van der Waals surface area contributed by atoms with E-state index in [-0.39, 0.29) is 21.9 Å². The van der Waals surface area contributed by atoms with Crippen LogP contribution < -0.4 is 4.90 Å². The Labute approximate surface area is 181 Å². The summed E-state index contributed by atoms with van der Waals surface area (Å²) in [5, 5.41) is 4.52. The lowest BCUT2D eigenvalue weighted by Gasteiger charge is -2.31. The second-order valence-electron chi connectivity index (χ2n) is 7.79. The largest absolute Gasteiger partial charge is 0.409 e. The molecule has 1 aromatic carbocycles. The van der Waals surface area contributed by atoms with Crippen molar-refractivity contribution >= 4 is 22.2 Å². The summed E-state index contributed by atoms with van der Waals surface area (Å²) < 4.78 is 45.7. The van der Waals surface area contributed by atoms with Crippen molar-refractivity contribution in [1.82, 2.24) is 14.1 Å². The van der Waals surface area contributed by atoms with E-state index in [1.807, 2.05) is 0 Å². The van der Waals surface area contributed by atoms with Gasteiger partial charge in [0, 0.05) is 18.7 Å². The van der Waals surface area contributed by atoms with Gasteiger partial charge in [0.05, 0.1) is 18.1 Å². The van der Waals surface area contributed by atoms with E-state index < -0.39 is 10.0 Å². The lowest BCUT2D eigenvalue weighted by molar-refractivity contribution is -0.937. The third-order valence-electron chi connectivity index (χ3n) is 5.29. The molecule has 0 unspecified atom stereocenters. The van der Waals surface area contributed by atoms with Gasteiger partial charge in [-0.1, -0.05) is 6.07 Å². The highest BCUT2D eigenvalue weighted by atomic mass is 32.2. The van der Waals surface area contributed by atoms with Crippen LogP contribution in [0.1, 0.15) is 13.8 Å². The van der Waals surface area contributed by atoms with Gasteiger partial charge in [-0.15, -0.1) is 5.10 Å². The number of nitrogens with zero attached hydrogens (tertiary/aromatic N) is 3. The number of rotatable bonds is 5. The number of nitrogens with one attached hydrogen (secondary N) is 1. The lowest BCUT2D eigenvalue weighted by Crippen LogP contribution is -3.14. The molecule has 1 aromatic heterocycles. The van der Waals surface area contributed by atoms with Crippen LogP contribution in [0.3, 0.4) is 0 Å². The molecule has 9 nitrogen and oxygen atoms in total. The molecule has 2 atom stereocenters. The quantitative estimate of drug-likeness (QED) is 0.658. The Hall–Kier alpha value is -1.63. The van der Waals surface area contributed by atoms with Crippen molar-refractivity contribution < 1.29 is 27.2 Å². The number of hydrogen-bond donors (Lipinski definition) is 1. The van der Waals surface area contributed by atoms with Gasteiger partial charge in [-0.05, 0) is 44.3 Å². The first kappa shape index (κ1) is 21.6. The van der Waals surface area contributed by atoms with Crippen LogP contribution in [-0.4, -0.2) is 74.1 Å². The molecule has 11 heteroatoms. The van der Waals surface area contributed by atoms with Crippen LogP contribution in [0.2, 0.25) is 0 Å². The van der Waals surface area contributed by atoms with E-state index in [1.54, 1.807) is 28.9 Å². The second kappa shape index (κ2) is 8.85. The van der Waals surface area contributed by atoms with Crippen LogP contribution in [-0.2, 0) is 26.2 Å². The molecule has 30 heavy (non-hydrogen) atoms. The maximum atomic E-state index is 12.9. The normalized spacial score (nSPS) is 26.0. The molecule has 0 amide bonds. The van der Waals surface area contributed by atoms with Crippen LogP contribution in [0.4, 0.5) is 0 Å². The molecule has 4 rings (SSSR count). The van der Waals surface area contributed by atoms with Gasteiger partial charge in [-0.25, -0.2) is 8.42 Å². The average molecular weight is 456 g/mol. The third kappa shape index (κ3) is 4.66. The molecule has 2 saturated heterocycles. The zero-order valence-corrected chi connectivity index (χ0v) is 18.7. The number of aromatic nitrogens is 2. The fourth-order valence-corrected chi connectivity index (χ4v) is 5.62. The lowest BCUT2D eigenvalue weighted by atomic mass is 10.2. The van der Waals surface area contributed by atoms with E-state index in [0.29, 0.717) is 44.4 Å². The summed E-state index contributed by atoms with van der Waals surface area (Å²) in [7, 11) is -3.60. The predicted octanol–water partition coefficient (Wildman–Crippen LogP) is 0.543. The molecule has 3 heterocycles. The van der Waals surface area contributed by atoms with Gasteiger partial charge in [0.2, 0.25) is 15.9 Å². The molecule has 2 aliphatic rings. The SMILES string of the molecule is C[C@@H]1C[NH+](Cn2nc(-c3cccc(S(=O)(=O)N4CCOCC4)c3)oc2=S)C[C@@H](C)O1. The smallest absolute Gasteiger partial charge is 0.292 e. The van der Waals surface area contributed by atoms with Crippen LogP contribution in [0, 0.1) is 4.84 Å². The van der Waals surface area contributed by atoms with Gasteiger partial charge >= 0.3 is 0 Å². The fraction of sp³-hybridized carbons (Fsp3) is 0.579. The van der Waals surface area contributed by atoms with Gasteiger partial charge < -0.3 is 18.8 Å². The second-order valence-corrected chi connectivity index (χ2v) is 10.1. The van der Waals surface area contributed by atoms with Crippen molar-refractivity contribution in [3.63, 3.8) is 0 Å². The highest BCUT2D eigenvalue weighted by Gasteiger charge is 2.28. The molecule has 0 aliphatic carbocycles. The van der Waals surface area contributed by atoms with Crippen LogP contribution in [0.5, 0.6) is 0 Å². The molecule has 0 radical (unpaired) electrons. The summed E-state index contributed by atoms with van der Waals surface area (Å²) >= 11 is 5.36. The Morgan fingerprint density at radius 2 is 1.90 bits per heavy atom. The highest BCUT2D eigenvalue weighted by Crippen LogP contribution is 2.24. The summed E-state index contributed by atoms with van der Waals surface area (Å²) in [6.07, 6.45) is 0.345. The van der Waals surface area contributed by atoms with Crippen LogP contribution >= 0.6 is 12.2 Å². The Bertz CT molecular complexity index is 1040. The maximum absolute atomic E-state index is 12.9. The zero-order valence-electron chi connectivity index (χ0n) is 17.1. The molecular formula is C19H27N4O5S2+. The highest BCUT2D eigenvalue weighted by molar-refractivity contribution is 7.89. The van der Waals surface area contributed by atoms with Gasteiger partial charge in [0.25, 0.3) is 4.84 Å². The third-order valence-corrected chi connectivity index (χ3v) is 7.47. The number of ether oxygens (including phenoxy) is 2. The summed E-state index contributed by atoms with van der Waals surface area (Å²) in [6, 6.07) is 6.63. The van der Waals surface area contributed by atoms with Crippen LogP contribution in [0.25, 0.3) is 11.5 Å². The minimum absolute atomic E-state index is 0.173. The van der Waals surface area contributed by atoms with Gasteiger partial charge in [0.1, 0.15) is 25.3 Å². The maximum Gasteiger partial charge on any atom is 0.292 e. The summed E-state index contributed by atoms with van der Waals surface area (Å²) in [5.41, 5.74) is 0.577. The average Bonchev–Trinajstić information content (AvgIpc) is 3.08. The Morgan fingerprint density at radius 3 is 2.60 bits per heavy atom. The van der Waals surface area contributed by atoms with Gasteiger partial charge in [-0.2, -0.15) is 8.99 Å². The van der Waals surface area contributed by atoms with E-state index in [9.17, 15) is 8.42 Å². The first-order chi connectivity index (χ1) is 14.3. The molecule has 0 saturated carbocycles. The molecular weight excluding hydrogens is 428 g/mol. The van der Waals surface area contributed by atoms with Crippen molar-refractivity contribution in [2.45, 2.75) is 37.6 Å². The summed E-state index contributed by atoms with van der Waals surface area (Å²) in [4.78, 5) is 1.78. The summed E-state index contributed by atoms with van der Waals surface area (Å²) in [5.74, 6) is 0.313. The number of hydrogen-bond acceptors (Lipinski definition) is 7. The first-order valence-electron chi connectivity index (χ1n) is 10.1. The Balaban J connectivity index is 1.56. The molecule has 2 aliphatic heterocycles. The van der Waals surface area contributed by atoms with E-state index in [4.69, 9.17) is 26.1 Å². The molecule has 2 fully saturated rings. The molecule has 1 N–H and O–H groups in total. The minimum atomic E-state index is -3.60. The molecule has 164 valence electrons. The Morgan fingerprint density at radius 1 is 1.20 bits per heavy atom. The van der Waals surface area contributed by atoms with Crippen LogP contribution in [0.15, 0.2) is 33.6 Å². The number of quaternary nitrogens is 1. The van der Waals surface area contributed by atoms with Crippen molar-refractivity contribution in [2.75, 3.05) is 39.4 Å². The standard InChI is InChI=1S/C19H26N4O5S2/c1-14-11-21(12-15(2)27-14)13-23-19(29)28-18(20-23)16-4-3-5-17(10-16)30(24,25)22-6-8-26-9-7-22/h3-5,10,14-15H,6-9,11-13H2,1-2H3/p+1/t14-,15-/m1/s1. The van der Waals surface area contributed by atoms with Crippen molar-refractivity contribution in [1.29, 1.82) is 0 Å². The molecule has 0 bridgehead atoms. The van der Waals surface area contributed by atoms with Crippen molar-refractivity contribution in [2.24, 2.45) is 0 Å². The van der Waals surface area contributed by atoms with E-state index in [0.717, 1.165) is 13.1 Å². The van der Waals surface area contributed by atoms with Crippen molar-refractivity contribution in [3.8, 4) is 11.5 Å². The number of sulfonamides is 1. The molecule has 2 aromatic rings. The monoisotopic (exact) mass is 455 g/mol. The number of morpholine rings is 2. The first-order valence-corrected chi connectivity index (χ1v) is 11.9. The van der Waals surface area contributed by atoms with E-state index >= 15 is 0 Å². The Kier molecular flexibility index (Phi) is 6.37. The van der Waals surface area contributed by atoms with Gasteiger partial charge in [-0.3, -0.25) is 0 Å². The van der Waals surface area contributed by atoms with E-state index in [2.05, 4.69) is 18.9 Å². The van der Waals surface area contributed by atoms with Gasteiger partial charge in [0.15, 0.2) is 6.67 Å². The number of benzene rings is 1. The van der Waals surface area contributed by atoms with E-state index in [1.165, 1.54) is 9.21 Å². The zero-order chi connectivity index (χ0) is 21.3. The predicted molar refractivity (Wildman–Crippen MR) is 111 cm³/mol. The van der Waals surface area contributed by atoms with Crippen molar-refractivity contribution in [3.05, 3.63) is 29.1 Å².